The molecule has 6 nitrogen and oxygen atoms in total. The lowest BCUT2D eigenvalue weighted by Crippen LogP contribution is -2.24. The van der Waals surface area contributed by atoms with Gasteiger partial charge in [-0.3, -0.25) is 4.79 Å². The first-order valence-corrected chi connectivity index (χ1v) is 8.70. The number of amides is 1. The van der Waals surface area contributed by atoms with Crippen molar-refractivity contribution in [1.82, 2.24) is 15.3 Å². The third-order valence-electron chi connectivity index (χ3n) is 4.04. The van der Waals surface area contributed by atoms with Crippen molar-refractivity contribution in [1.29, 1.82) is 0 Å². The number of ether oxygens (including phenoxy) is 1. The molecule has 1 amide bonds. The average molecular weight is 383 g/mol. The third-order valence-corrected chi connectivity index (χ3v) is 4.45. The summed E-state index contributed by atoms with van der Waals surface area (Å²) in [6.45, 7) is 2.30. The number of carbonyl (C=O) groups excluding carboxylic acids is 1. The number of hydrogen-bond donors (Lipinski definition) is 2. The molecule has 0 radical (unpaired) electrons. The summed E-state index contributed by atoms with van der Waals surface area (Å²) in [7, 11) is 1.61. The van der Waals surface area contributed by atoms with Crippen LogP contribution in [-0.2, 0) is 6.54 Å². The standard InChI is InChI=1S/C20H19ClN4O2/c1-13-16(21)4-3-5-17(13)25-19-10-18(23-12-24-19)20(26)22-11-14-6-8-15(27-2)9-7-14/h3-10,12H,11H2,1-2H3,(H,22,26)(H,23,24,25). The van der Waals surface area contributed by atoms with Crippen molar-refractivity contribution in [3.05, 3.63) is 76.7 Å². The maximum atomic E-state index is 12.4. The molecule has 3 aromatic rings. The Morgan fingerprint density at radius 2 is 1.93 bits per heavy atom. The quantitative estimate of drug-likeness (QED) is 0.670. The lowest BCUT2D eigenvalue weighted by molar-refractivity contribution is 0.0946. The van der Waals surface area contributed by atoms with Crippen molar-refractivity contribution >= 4 is 29.0 Å². The molecule has 0 spiro atoms. The van der Waals surface area contributed by atoms with Gasteiger partial charge in [0, 0.05) is 23.3 Å². The zero-order valence-electron chi connectivity index (χ0n) is 15.0. The largest absolute Gasteiger partial charge is 0.497 e. The third kappa shape index (κ3) is 4.74. The molecule has 0 aliphatic rings. The molecule has 27 heavy (non-hydrogen) atoms. The molecule has 138 valence electrons. The topological polar surface area (TPSA) is 76.1 Å². The van der Waals surface area contributed by atoms with Crippen molar-refractivity contribution in [3.63, 3.8) is 0 Å². The van der Waals surface area contributed by atoms with Crippen molar-refractivity contribution in [3.8, 4) is 5.75 Å². The second kappa shape index (κ2) is 8.51. The van der Waals surface area contributed by atoms with Gasteiger partial charge in [0.05, 0.1) is 7.11 Å². The van der Waals surface area contributed by atoms with Gasteiger partial charge in [-0.15, -0.1) is 0 Å². The monoisotopic (exact) mass is 382 g/mol. The summed E-state index contributed by atoms with van der Waals surface area (Å²) in [5.41, 5.74) is 2.97. The molecule has 0 fully saturated rings. The van der Waals surface area contributed by atoms with Crippen LogP contribution in [0.2, 0.25) is 5.02 Å². The van der Waals surface area contributed by atoms with E-state index in [0.29, 0.717) is 17.4 Å². The minimum absolute atomic E-state index is 0.278. The predicted molar refractivity (Wildman–Crippen MR) is 106 cm³/mol. The Hall–Kier alpha value is -3.12. The summed E-state index contributed by atoms with van der Waals surface area (Å²) in [4.78, 5) is 20.6. The summed E-state index contributed by atoms with van der Waals surface area (Å²) >= 11 is 6.14. The van der Waals surface area contributed by atoms with Crippen LogP contribution < -0.4 is 15.4 Å². The van der Waals surface area contributed by atoms with Gasteiger partial charge in [0.1, 0.15) is 23.6 Å². The molecule has 0 aliphatic carbocycles. The number of carbonyl (C=O) groups is 1. The Bertz CT molecular complexity index is 945. The first-order valence-electron chi connectivity index (χ1n) is 8.32. The molecule has 2 aromatic carbocycles. The van der Waals surface area contributed by atoms with E-state index in [1.807, 2.05) is 49.4 Å². The van der Waals surface area contributed by atoms with Crippen LogP contribution in [0.3, 0.4) is 0 Å². The Morgan fingerprint density at radius 1 is 1.15 bits per heavy atom. The van der Waals surface area contributed by atoms with Crippen LogP contribution in [0, 0.1) is 6.92 Å². The molecule has 3 rings (SSSR count). The van der Waals surface area contributed by atoms with E-state index in [9.17, 15) is 4.79 Å². The molecule has 2 N–H and O–H groups in total. The van der Waals surface area contributed by atoms with E-state index < -0.39 is 0 Å². The lowest BCUT2D eigenvalue weighted by atomic mass is 10.2. The number of halogens is 1. The molecule has 0 saturated heterocycles. The maximum Gasteiger partial charge on any atom is 0.270 e. The highest BCUT2D eigenvalue weighted by Crippen LogP contribution is 2.25. The van der Waals surface area contributed by atoms with Gasteiger partial charge in [-0.2, -0.15) is 0 Å². The number of nitrogens with zero attached hydrogens (tertiary/aromatic N) is 2. The van der Waals surface area contributed by atoms with Gasteiger partial charge in [0.25, 0.3) is 5.91 Å². The van der Waals surface area contributed by atoms with Gasteiger partial charge in [0.15, 0.2) is 0 Å². The van der Waals surface area contributed by atoms with Crippen LogP contribution in [0.4, 0.5) is 11.5 Å². The number of aromatic nitrogens is 2. The van der Waals surface area contributed by atoms with Crippen LogP contribution >= 0.6 is 11.6 Å². The van der Waals surface area contributed by atoms with Crippen molar-refractivity contribution < 1.29 is 9.53 Å². The normalized spacial score (nSPS) is 10.3. The summed E-state index contributed by atoms with van der Waals surface area (Å²) in [6.07, 6.45) is 1.35. The van der Waals surface area contributed by atoms with Crippen molar-refractivity contribution in [2.75, 3.05) is 12.4 Å². The van der Waals surface area contributed by atoms with E-state index in [0.717, 1.165) is 22.6 Å². The number of benzene rings is 2. The van der Waals surface area contributed by atoms with E-state index in [-0.39, 0.29) is 11.6 Å². The molecule has 0 bridgehead atoms. The van der Waals surface area contributed by atoms with E-state index in [1.165, 1.54) is 6.33 Å². The number of rotatable bonds is 6. The van der Waals surface area contributed by atoms with Gasteiger partial charge in [-0.1, -0.05) is 29.8 Å². The molecule has 1 aromatic heterocycles. The number of nitrogens with one attached hydrogen (secondary N) is 2. The van der Waals surface area contributed by atoms with Crippen molar-refractivity contribution in [2.45, 2.75) is 13.5 Å². The van der Waals surface area contributed by atoms with Gasteiger partial charge < -0.3 is 15.4 Å². The summed E-state index contributed by atoms with van der Waals surface area (Å²) < 4.78 is 5.12. The minimum Gasteiger partial charge on any atom is -0.497 e. The molecule has 0 atom stereocenters. The number of anilines is 2. The molecule has 0 saturated carbocycles. The number of methoxy groups -OCH3 is 1. The fourth-order valence-corrected chi connectivity index (χ4v) is 2.62. The molecule has 0 aliphatic heterocycles. The van der Waals surface area contributed by atoms with E-state index in [4.69, 9.17) is 16.3 Å². The first-order chi connectivity index (χ1) is 13.1. The van der Waals surface area contributed by atoms with Crippen LogP contribution in [0.5, 0.6) is 5.75 Å². The maximum absolute atomic E-state index is 12.4. The predicted octanol–water partition coefficient (Wildman–Crippen LogP) is 4.12. The van der Waals surface area contributed by atoms with E-state index in [1.54, 1.807) is 13.2 Å². The summed E-state index contributed by atoms with van der Waals surface area (Å²) in [5, 5.41) is 6.67. The highest BCUT2D eigenvalue weighted by Gasteiger charge is 2.10. The Labute approximate surface area is 162 Å². The highest BCUT2D eigenvalue weighted by molar-refractivity contribution is 6.31. The Morgan fingerprint density at radius 3 is 2.67 bits per heavy atom. The average Bonchev–Trinajstić information content (AvgIpc) is 2.70. The molecule has 1 heterocycles. The lowest BCUT2D eigenvalue weighted by Gasteiger charge is -2.11. The van der Waals surface area contributed by atoms with Crippen LogP contribution in [0.25, 0.3) is 0 Å². The first kappa shape index (κ1) is 18.7. The van der Waals surface area contributed by atoms with Crippen molar-refractivity contribution in [2.24, 2.45) is 0 Å². The minimum atomic E-state index is -0.279. The van der Waals surface area contributed by atoms with Gasteiger partial charge in [-0.05, 0) is 42.3 Å². The van der Waals surface area contributed by atoms with Gasteiger partial charge >= 0.3 is 0 Å². The SMILES string of the molecule is COc1ccc(CNC(=O)c2cc(Nc3cccc(Cl)c3C)ncn2)cc1. The van der Waals surface area contributed by atoms with Gasteiger partial charge in [0.2, 0.25) is 0 Å². The van der Waals surface area contributed by atoms with E-state index in [2.05, 4.69) is 20.6 Å². The van der Waals surface area contributed by atoms with E-state index >= 15 is 0 Å². The second-order valence-electron chi connectivity index (χ2n) is 5.86. The second-order valence-corrected chi connectivity index (χ2v) is 6.26. The Balaban J connectivity index is 1.67. The van der Waals surface area contributed by atoms with Gasteiger partial charge in [-0.25, -0.2) is 9.97 Å². The number of hydrogen-bond acceptors (Lipinski definition) is 5. The fourth-order valence-electron chi connectivity index (χ4n) is 2.45. The zero-order chi connectivity index (χ0) is 19.2. The molecular formula is C20H19ClN4O2. The molecular weight excluding hydrogens is 364 g/mol. The smallest absolute Gasteiger partial charge is 0.270 e. The van der Waals surface area contributed by atoms with Crippen LogP contribution in [0.1, 0.15) is 21.6 Å². The van der Waals surface area contributed by atoms with Crippen LogP contribution in [0.15, 0.2) is 54.9 Å². The molecule has 7 heteroatoms. The zero-order valence-corrected chi connectivity index (χ0v) is 15.7. The molecule has 0 unspecified atom stereocenters. The summed E-state index contributed by atoms with van der Waals surface area (Å²) in [5.74, 6) is 1.01. The summed E-state index contributed by atoms with van der Waals surface area (Å²) in [6, 6.07) is 14.7. The van der Waals surface area contributed by atoms with Crippen LogP contribution in [-0.4, -0.2) is 23.0 Å². The Kier molecular flexibility index (Phi) is 5.88. The fraction of sp³-hybridized carbons (Fsp3) is 0.150. The highest BCUT2D eigenvalue weighted by atomic mass is 35.5.